The number of nitrogen functional groups attached to an aromatic ring is 1. The van der Waals surface area contributed by atoms with Gasteiger partial charge in [-0.25, -0.2) is 4.98 Å². The van der Waals surface area contributed by atoms with Crippen LogP contribution in [-0.2, 0) is 6.42 Å². The van der Waals surface area contributed by atoms with E-state index in [2.05, 4.69) is 39.6 Å². The Morgan fingerprint density at radius 1 is 1.52 bits per heavy atom. The molecule has 0 aliphatic heterocycles. The predicted molar refractivity (Wildman–Crippen MR) is 80.2 cm³/mol. The number of carbonyl (C=O) groups is 1. The third-order valence-corrected chi connectivity index (χ3v) is 3.58. The summed E-state index contributed by atoms with van der Waals surface area (Å²) in [5.41, 5.74) is 5.77. The molecule has 2 aromatic heterocycles. The van der Waals surface area contributed by atoms with Gasteiger partial charge in [0.1, 0.15) is 10.7 Å². The van der Waals surface area contributed by atoms with Crippen molar-refractivity contribution in [2.75, 3.05) is 24.1 Å². The quantitative estimate of drug-likeness (QED) is 0.701. The summed E-state index contributed by atoms with van der Waals surface area (Å²) in [5, 5.41) is 10.1. The molecule has 21 heavy (non-hydrogen) atoms. The minimum absolute atomic E-state index is 0.238. The number of anilines is 2. The smallest absolute Gasteiger partial charge is 0.265 e. The highest BCUT2D eigenvalue weighted by Crippen LogP contribution is 2.24. The first-order chi connectivity index (χ1) is 10.1. The summed E-state index contributed by atoms with van der Waals surface area (Å²) >= 11 is 1.25. The van der Waals surface area contributed by atoms with Gasteiger partial charge in [0, 0.05) is 19.5 Å². The highest BCUT2D eigenvalue weighted by Gasteiger charge is 2.16. The van der Waals surface area contributed by atoms with Crippen molar-refractivity contribution in [2.24, 2.45) is 5.92 Å². The van der Waals surface area contributed by atoms with Crippen LogP contribution in [0.25, 0.3) is 0 Å². The van der Waals surface area contributed by atoms with Gasteiger partial charge in [-0.3, -0.25) is 4.79 Å². The molecule has 0 aliphatic rings. The Kier molecular flexibility index (Phi) is 5.09. The molecule has 0 unspecified atom stereocenters. The number of hydrogen-bond donors (Lipinski definition) is 3. The van der Waals surface area contributed by atoms with Crippen LogP contribution in [0.5, 0.6) is 0 Å². The van der Waals surface area contributed by atoms with Crippen LogP contribution in [0.3, 0.4) is 0 Å². The Hall–Kier alpha value is -2.16. The van der Waals surface area contributed by atoms with E-state index in [0.717, 1.165) is 6.54 Å². The highest BCUT2D eigenvalue weighted by atomic mass is 32.1. The molecule has 0 fully saturated rings. The summed E-state index contributed by atoms with van der Waals surface area (Å²) in [6.45, 7) is 5.36. The van der Waals surface area contributed by atoms with Crippen molar-refractivity contribution in [3.63, 3.8) is 0 Å². The molecule has 8 nitrogen and oxygen atoms in total. The topological polar surface area (TPSA) is 119 Å². The molecule has 0 spiro atoms. The maximum atomic E-state index is 12.0. The van der Waals surface area contributed by atoms with E-state index in [1.165, 1.54) is 17.7 Å². The average Bonchev–Trinajstić information content (AvgIpc) is 3.06. The molecule has 9 heteroatoms. The number of amides is 1. The summed E-state index contributed by atoms with van der Waals surface area (Å²) < 4.78 is 4.85. The van der Waals surface area contributed by atoms with Gasteiger partial charge in [0.2, 0.25) is 5.89 Å². The number of rotatable bonds is 7. The lowest BCUT2D eigenvalue weighted by molar-refractivity contribution is 0.0958. The summed E-state index contributed by atoms with van der Waals surface area (Å²) in [7, 11) is 0. The van der Waals surface area contributed by atoms with Crippen molar-refractivity contribution in [3.05, 3.63) is 17.1 Å². The van der Waals surface area contributed by atoms with E-state index in [4.69, 9.17) is 10.3 Å². The SMILES string of the molecule is CC(C)CNc1nc(N)c(C(=O)NCCc2ncno2)s1. The van der Waals surface area contributed by atoms with Crippen LogP contribution in [0.1, 0.15) is 29.4 Å². The van der Waals surface area contributed by atoms with Gasteiger partial charge in [-0.05, 0) is 5.92 Å². The Bertz CT molecular complexity index is 581. The van der Waals surface area contributed by atoms with Gasteiger partial charge in [0.15, 0.2) is 11.5 Å². The predicted octanol–water partition coefficient (Wildman–Crippen LogP) is 1.15. The summed E-state index contributed by atoms with van der Waals surface area (Å²) in [4.78, 5) is 20.5. The lowest BCUT2D eigenvalue weighted by Gasteiger charge is -2.04. The van der Waals surface area contributed by atoms with E-state index < -0.39 is 0 Å². The van der Waals surface area contributed by atoms with Gasteiger partial charge >= 0.3 is 0 Å². The molecule has 0 bridgehead atoms. The molecule has 0 radical (unpaired) electrons. The molecule has 0 atom stereocenters. The Morgan fingerprint density at radius 3 is 3.00 bits per heavy atom. The van der Waals surface area contributed by atoms with Crippen LogP contribution in [0.4, 0.5) is 10.9 Å². The number of carbonyl (C=O) groups excluding carboxylic acids is 1. The first-order valence-electron chi connectivity index (χ1n) is 6.60. The van der Waals surface area contributed by atoms with Crippen LogP contribution in [0.2, 0.25) is 0 Å². The van der Waals surface area contributed by atoms with Gasteiger partial charge in [0.05, 0.1) is 0 Å². The van der Waals surface area contributed by atoms with Crippen molar-refractivity contribution in [1.82, 2.24) is 20.4 Å². The molecular formula is C12H18N6O2S. The first-order valence-corrected chi connectivity index (χ1v) is 7.42. The maximum Gasteiger partial charge on any atom is 0.265 e. The Morgan fingerprint density at radius 2 is 2.33 bits per heavy atom. The monoisotopic (exact) mass is 310 g/mol. The second kappa shape index (κ2) is 7.02. The molecule has 0 saturated heterocycles. The van der Waals surface area contributed by atoms with Crippen molar-refractivity contribution >= 4 is 28.2 Å². The fraction of sp³-hybridized carbons (Fsp3) is 0.500. The van der Waals surface area contributed by atoms with Gasteiger partial charge in [-0.1, -0.05) is 30.3 Å². The molecule has 1 amide bonds. The summed E-state index contributed by atoms with van der Waals surface area (Å²) in [6.07, 6.45) is 1.80. The molecule has 0 aromatic carbocycles. The van der Waals surface area contributed by atoms with Crippen LogP contribution < -0.4 is 16.4 Å². The normalized spacial score (nSPS) is 10.8. The number of thiazole rings is 1. The van der Waals surface area contributed by atoms with Gasteiger partial charge in [-0.2, -0.15) is 4.98 Å². The number of nitrogens with one attached hydrogen (secondary N) is 2. The first kappa shape index (κ1) is 15.2. The molecule has 2 rings (SSSR count). The van der Waals surface area contributed by atoms with Crippen molar-refractivity contribution in [1.29, 1.82) is 0 Å². The Balaban J connectivity index is 1.86. The maximum absolute atomic E-state index is 12.0. The van der Waals surface area contributed by atoms with Crippen molar-refractivity contribution < 1.29 is 9.32 Å². The van der Waals surface area contributed by atoms with Gasteiger partial charge in [0.25, 0.3) is 5.91 Å². The van der Waals surface area contributed by atoms with E-state index in [1.807, 2.05) is 0 Å². The van der Waals surface area contributed by atoms with Crippen LogP contribution in [0, 0.1) is 5.92 Å². The van der Waals surface area contributed by atoms with Crippen molar-refractivity contribution in [2.45, 2.75) is 20.3 Å². The molecule has 2 heterocycles. The fourth-order valence-electron chi connectivity index (χ4n) is 1.53. The third kappa shape index (κ3) is 4.42. The lowest BCUT2D eigenvalue weighted by atomic mass is 10.2. The molecule has 2 aromatic rings. The largest absolute Gasteiger partial charge is 0.382 e. The molecule has 0 saturated carbocycles. The minimum Gasteiger partial charge on any atom is -0.382 e. The molecule has 114 valence electrons. The third-order valence-electron chi connectivity index (χ3n) is 2.55. The fourth-order valence-corrected chi connectivity index (χ4v) is 2.34. The van der Waals surface area contributed by atoms with E-state index >= 15 is 0 Å². The van der Waals surface area contributed by atoms with E-state index in [0.29, 0.717) is 34.8 Å². The molecule has 4 N–H and O–H groups in total. The standard InChI is InChI=1S/C12H18N6O2S/c1-7(2)5-15-12-18-10(13)9(21-12)11(19)14-4-3-8-16-6-17-20-8/h6-7H,3-5,13H2,1-2H3,(H,14,19)(H,15,18). The number of aromatic nitrogens is 3. The van der Waals surface area contributed by atoms with Crippen molar-refractivity contribution in [3.8, 4) is 0 Å². The number of nitrogens with two attached hydrogens (primary N) is 1. The molecular weight excluding hydrogens is 292 g/mol. The van der Waals surface area contributed by atoms with E-state index in [1.54, 1.807) is 0 Å². The molecule has 0 aliphatic carbocycles. The minimum atomic E-state index is -0.248. The van der Waals surface area contributed by atoms with Crippen LogP contribution >= 0.6 is 11.3 Å². The lowest BCUT2D eigenvalue weighted by Crippen LogP contribution is -2.25. The number of nitrogens with zero attached hydrogens (tertiary/aromatic N) is 3. The van der Waals surface area contributed by atoms with Gasteiger partial charge in [-0.15, -0.1) is 0 Å². The van der Waals surface area contributed by atoms with E-state index in [9.17, 15) is 4.79 Å². The number of hydrogen-bond acceptors (Lipinski definition) is 8. The summed E-state index contributed by atoms with van der Waals surface area (Å²) in [6, 6.07) is 0. The van der Waals surface area contributed by atoms with E-state index in [-0.39, 0.29) is 11.7 Å². The summed E-state index contributed by atoms with van der Waals surface area (Å²) in [5.74, 6) is 0.956. The second-order valence-corrected chi connectivity index (χ2v) is 5.85. The Labute approximate surface area is 126 Å². The zero-order valence-electron chi connectivity index (χ0n) is 11.9. The van der Waals surface area contributed by atoms with Crippen LogP contribution in [-0.4, -0.2) is 34.1 Å². The zero-order valence-corrected chi connectivity index (χ0v) is 12.7. The second-order valence-electron chi connectivity index (χ2n) is 4.85. The zero-order chi connectivity index (χ0) is 15.2. The highest BCUT2D eigenvalue weighted by molar-refractivity contribution is 7.18. The van der Waals surface area contributed by atoms with Crippen LogP contribution in [0.15, 0.2) is 10.9 Å². The van der Waals surface area contributed by atoms with Gasteiger partial charge < -0.3 is 20.9 Å². The average molecular weight is 310 g/mol.